The SMILES string of the molecule is Cc1ccc2c(CSc3nc4sc5c(c4c(=O)[nH]3)CCCC5)cc(=O)oc2c1. The summed E-state index contributed by atoms with van der Waals surface area (Å²) in [7, 11) is 0. The first-order valence-corrected chi connectivity index (χ1v) is 11.1. The van der Waals surface area contributed by atoms with Gasteiger partial charge in [-0.2, -0.15) is 0 Å². The molecule has 0 atom stereocenters. The van der Waals surface area contributed by atoms with Crippen molar-refractivity contribution in [3.63, 3.8) is 0 Å². The molecule has 28 heavy (non-hydrogen) atoms. The summed E-state index contributed by atoms with van der Waals surface area (Å²) in [6, 6.07) is 7.35. The van der Waals surface area contributed by atoms with E-state index in [4.69, 9.17) is 9.40 Å². The van der Waals surface area contributed by atoms with Gasteiger partial charge in [0.05, 0.1) is 5.39 Å². The van der Waals surface area contributed by atoms with Crippen molar-refractivity contribution in [1.82, 2.24) is 9.97 Å². The highest BCUT2D eigenvalue weighted by molar-refractivity contribution is 7.98. The van der Waals surface area contributed by atoms with Crippen molar-refractivity contribution >= 4 is 44.3 Å². The predicted molar refractivity (Wildman–Crippen MR) is 114 cm³/mol. The molecule has 3 heterocycles. The van der Waals surface area contributed by atoms with Crippen LogP contribution in [0.5, 0.6) is 0 Å². The van der Waals surface area contributed by atoms with Crippen molar-refractivity contribution in [1.29, 1.82) is 0 Å². The van der Waals surface area contributed by atoms with Crippen LogP contribution in [0.1, 0.15) is 34.4 Å². The van der Waals surface area contributed by atoms with Crippen molar-refractivity contribution in [3.05, 3.63) is 66.6 Å². The molecule has 1 aliphatic rings. The molecule has 0 aliphatic heterocycles. The Labute approximate surface area is 168 Å². The summed E-state index contributed by atoms with van der Waals surface area (Å²) >= 11 is 3.08. The summed E-state index contributed by atoms with van der Waals surface area (Å²) in [4.78, 5) is 34.4. The fraction of sp³-hybridized carbons (Fsp3) is 0.286. The Hall–Kier alpha value is -2.38. The lowest BCUT2D eigenvalue weighted by atomic mass is 9.97. The minimum absolute atomic E-state index is 0.0556. The number of fused-ring (bicyclic) bond motifs is 4. The number of aryl methyl sites for hydroxylation is 3. The smallest absolute Gasteiger partial charge is 0.336 e. The van der Waals surface area contributed by atoms with Gasteiger partial charge in [-0.15, -0.1) is 11.3 Å². The topological polar surface area (TPSA) is 76.0 Å². The van der Waals surface area contributed by atoms with Gasteiger partial charge in [-0.3, -0.25) is 4.79 Å². The third-order valence-corrected chi connectivity index (χ3v) is 7.26. The highest BCUT2D eigenvalue weighted by Crippen LogP contribution is 2.34. The van der Waals surface area contributed by atoms with E-state index in [2.05, 4.69) is 4.98 Å². The lowest BCUT2D eigenvalue weighted by Crippen LogP contribution is -2.11. The number of aromatic nitrogens is 2. The van der Waals surface area contributed by atoms with Crippen LogP contribution in [0, 0.1) is 6.92 Å². The van der Waals surface area contributed by atoms with Crippen LogP contribution in [0.25, 0.3) is 21.2 Å². The number of benzene rings is 1. The molecular weight excluding hydrogens is 392 g/mol. The van der Waals surface area contributed by atoms with Gasteiger partial charge in [0.25, 0.3) is 5.56 Å². The van der Waals surface area contributed by atoms with E-state index < -0.39 is 0 Å². The number of nitrogens with one attached hydrogen (secondary N) is 1. The number of thioether (sulfide) groups is 1. The normalized spacial score (nSPS) is 13.9. The minimum Gasteiger partial charge on any atom is -0.423 e. The molecule has 142 valence electrons. The Kier molecular flexibility index (Phi) is 4.36. The summed E-state index contributed by atoms with van der Waals surface area (Å²) in [6.07, 6.45) is 4.33. The minimum atomic E-state index is -0.364. The molecule has 5 rings (SSSR count). The van der Waals surface area contributed by atoms with Crippen molar-refractivity contribution in [2.75, 3.05) is 0 Å². The zero-order valence-corrected chi connectivity index (χ0v) is 17.0. The Morgan fingerprint density at radius 3 is 2.96 bits per heavy atom. The van der Waals surface area contributed by atoms with Gasteiger partial charge < -0.3 is 9.40 Å². The predicted octanol–water partition coefficient (Wildman–Crippen LogP) is 4.57. The highest BCUT2D eigenvalue weighted by atomic mass is 32.2. The molecule has 5 nitrogen and oxygen atoms in total. The zero-order chi connectivity index (χ0) is 19.3. The van der Waals surface area contributed by atoms with Crippen molar-refractivity contribution in [3.8, 4) is 0 Å². The van der Waals surface area contributed by atoms with Crippen LogP contribution in [0.15, 0.2) is 43.4 Å². The molecule has 1 aromatic carbocycles. The van der Waals surface area contributed by atoms with Crippen LogP contribution in [0.2, 0.25) is 0 Å². The molecule has 0 saturated carbocycles. The van der Waals surface area contributed by atoms with Gasteiger partial charge >= 0.3 is 5.63 Å². The average molecular weight is 411 g/mol. The zero-order valence-electron chi connectivity index (χ0n) is 15.3. The van der Waals surface area contributed by atoms with Crippen LogP contribution < -0.4 is 11.2 Å². The highest BCUT2D eigenvalue weighted by Gasteiger charge is 2.20. The Bertz CT molecular complexity index is 1330. The number of nitrogens with zero attached hydrogens (tertiary/aromatic N) is 1. The number of hydrogen-bond donors (Lipinski definition) is 1. The largest absolute Gasteiger partial charge is 0.423 e. The van der Waals surface area contributed by atoms with Gasteiger partial charge in [-0.25, -0.2) is 9.78 Å². The number of rotatable bonds is 3. The van der Waals surface area contributed by atoms with E-state index in [0.717, 1.165) is 46.0 Å². The molecular formula is C21H18N2O3S2. The summed E-state index contributed by atoms with van der Waals surface area (Å²) in [6.45, 7) is 1.96. The molecule has 0 amide bonds. The van der Waals surface area contributed by atoms with Crippen LogP contribution in [0.3, 0.4) is 0 Å². The van der Waals surface area contributed by atoms with E-state index in [0.29, 0.717) is 16.5 Å². The fourth-order valence-corrected chi connectivity index (χ4v) is 5.99. The second kappa shape index (κ2) is 6.90. The van der Waals surface area contributed by atoms with Gasteiger partial charge in [0.1, 0.15) is 10.4 Å². The first kappa shape index (κ1) is 17.7. The quantitative estimate of drug-likeness (QED) is 0.304. The van der Waals surface area contributed by atoms with E-state index in [-0.39, 0.29) is 11.2 Å². The molecule has 7 heteroatoms. The maximum Gasteiger partial charge on any atom is 0.336 e. The van der Waals surface area contributed by atoms with Crippen molar-refractivity contribution < 1.29 is 4.42 Å². The summed E-state index contributed by atoms with van der Waals surface area (Å²) in [5.74, 6) is 0.532. The first-order chi connectivity index (χ1) is 13.6. The lowest BCUT2D eigenvalue weighted by Gasteiger charge is -2.09. The lowest BCUT2D eigenvalue weighted by molar-refractivity contribution is 0.559. The molecule has 0 radical (unpaired) electrons. The molecule has 0 spiro atoms. The second-order valence-corrected chi connectivity index (χ2v) is 9.19. The van der Waals surface area contributed by atoms with Crippen molar-refractivity contribution in [2.45, 2.75) is 43.5 Å². The number of aromatic amines is 1. The van der Waals surface area contributed by atoms with Gasteiger partial charge in [0.2, 0.25) is 0 Å². The number of thiophene rings is 1. The Morgan fingerprint density at radius 2 is 2.07 bits per heavy atom. The molecule has 0 fully saturated rings. The van der Waals surface area contributed by atoms with E-state index in [9.17, 15) is 9.59 Å². The molecule has 0 saturated heterocycles. The molecule has 3 aromatic heterocycles. The van der Waals surface area contributed by atoms with Gasteiger partial charge in [-0.1, -0.05) is 23.9 Å². The summed E-state index contributed by atoms with van der Waals surface area (Å²) in [5.41, 5.74) is 3.28. The first-order valence-electron chi connectivity index (χ1n) is 9.29. The molecule has 1 N–H and O–H groups in total. The Morgan fingerprint density at radius 1 is 1.21 bits per heavy atom. The summed E-state index contributed by atoms with van der Waals surface area (Å²) in [5, 5.41) is 2.27. The average Bonchev–Trinajstić information content (AvgIpc) is 3.04. The third kappa shape index (κ3) is 3.08. The fourth-order valence-electron chi connectivity index (χ4n) is 3.82. The second-order valence-electron chi connectivity index (χ2n) is 7.14. The maximum atomic E-state index is 12.7. The van der Waals surface area contributed by atoms with Crippen LogP contribution >= 0.6 is 23.1 Å². The Balaban J connectivity index is 1.51. The monoisotopic (exact) mass is 410 g/mol. The van der Waals surface area contributed by atoms with Crippen LogP contribution in [-0.2, 0) is 18.6 Å². The van der Waals surface area contributed by atoms with Gasteiger partial charge in [0, 0.05) is 22.1 Å². The molecule has 1 aliphatic carbocycles. The molecule has 0 bridgehead atoms. The van der Waals surface area contributed by atoms with Gasteiger partial charge in [0.15, 0.2) is 5.16 Å². The third-order valence-electron chi connectivity index (χ3n) is 5.15. The van der Waals surface area contributed by atoms with Crippen molar-refractivity contribution in [2.24, 2.45) is 0 Å². The maximum absolute atomic E-state index is 12.7. The number of hydrogen-bond acceptors (Lipinski definition) is 6. The van der Waals surface area contributed by atoms with E-state index in [1.165, 1.54) is 34.7 Å². The van der Waals surface area contributed by atoms with Crippen LogP contribution in [-0.4, -0.2) is 9.97 Å². The molecule has 0 unspecified atom stereocenters. The summed E-state index contributed by atoms with van der Waals surface area (Å²) < 4.78 is 5.32. The number of H-pyrrole nitrogens is 1. The van der Waals surface area contributed by atoms with E-state index in [1.807, 2.05) is 25.1 Å². The van der Waals surface area contributed by atoms with Gasteiger partial charge in [-0.05, 0) is 55.4 Å². The molecule has 4 aromatic rings. The van der Waals surface area contributed by atoms with E-state index >= 15 is 0 Å². The van der Waals surface area contributed by atoms with E-state index in [1.54, 1.807) is 11.3 Å². The van der Waals surface area contributed by atoms with Crippen LogP contribution in [0.4, 0.5) is 0 Å². The standard InChI is InChI=1S/C21H18N2O3S2/c1-11-6-7-13-12(9-17(24)26-15(13)8-11)10-27-21-22-19(25)18-14-4-2-3-5-16(14)28-20(18)23-21/h6-9H,2-5,10H2,1H3,(H,22,23,25).